The molecule has 0 spiro atoms. The van der Waals surface area contributed by atoms with Crippen molar-refractivity contribution in [3.05, 3.63) is 11.6 Å². The van der Waals surface area contributed by atoms with E-state index in [0.717, 1.165) is 75.0 Å². The Bertz CT molecular complexity index is 831. The summed E-state index contributed by atoms with van der Waals surface area (Å²) in [6.07, 6.45) is 9.22. The minimum atomic E-state index is -0.332. The fraction of sp³-hybridized carbons (Fsp3) is 0.792. The van der Waals surface area contributed by atoms with E-state index in [9.17, 15) is 9.90 Å². The van der Waals surface area contributed by atoms with Crippen LogP contribution in [0, 0.1) is 28.6 Å². The number of allylic oxidation sites excluding steroid dienone is 1. The van der Waals surface area contributed by atoms with Crippen LogP contribution < -0.4 is 5.32 Å². The first-order valence-corrected chi connectivity index (χ1v) is 11.9. The molecule has 4 unspecified atom stereocenters. The second-order valence-electron chi connectivity index (χ2n) is 10.4. The summed E-state index contributed by atoms with van der Waals surface area (Å²) >= 11 is 0. The van der Waals surface area contributed by atoms with Crippen molar-refractivity contribution in [2.75, 3.05) is 26.8 Å². The van der Waals surface area contributed by atoms with Crippen LogP contribution in [0.2, 0.25) is 0 Å². The summed E-state index contributed by atoms with van der Waals surface area (Å²) in [5, 5.41) is 23.0. The molecule has 7 nitrogen and oxygen atoms in total. The normalized spacial score (nSPS) is 44.6. The maximum Gasteiger partial charge on any atom is 0.141 e. The van der Waals surface area contributed by atoms with Crippen molar-refractivity contribution in [1.29, 1.82) is 0 Å². The van der Waals surface area contributed by atoms with Crippen LogP contribution in [0.25, 0.3) is 0 Å². The molecule has 6 atom stereocenters. The van der Waals surface area contributed by atoms with Gasteiger partial charge in [-0.25, -0.2) is 0 Å². The molecule has 1 heterocycles. The third kappa shape index (κ3) is 3.27. The number of nitrogens with one attached hydrogen (secondary N) is 1. The first-order valence-electron chi connectivity index (χ1n) is 11.9. The SMILES string of the molecule is CO/N=C1\CC2C(CC[C@]3(C)C(=O)CCC23)[C@@]2(CO)CC/C(=N\OC3CCNC3)C=C12. The number of carbonyl (C=O) groups excluding carboxylic acids is 1. The van der Waals surface area contributed by atoms with Gasteiger partial charge in [-0.05, 0) is 74.5 Å². The quantitative estimate of drug-likeness (QED) is 0.671. The lowest BCUT2D eigenvalue weighted by Gasteiger charge is -2.57. The van der Waals surface area contributed by atoms with E-state index in [2.05, 4.69) is 28.6 Å². The third-order valence-electron chi connectivity index (χ3n) is 9.09. The van der Waals surface area contributed by atoms with Crippen molar-refractivity contribution in [2.45, 2.75) is 64.4 Å². The Morgan fingerprint density at radius 3 is 2.81 bits per heavy atom. The lowest BCUT2D eigenvalue weighted by Crippen LogP contribution is -2.55. The van der Waals surface area contributed by atoms with Crippen molar-refractivity contribution < 1.29 is 19.6 Å². The zero-order valence-electron chi connectivity index (χ0n) is 18.7. The molecular formula is C24H35N3O4. The van der Waals surface area contributed by atoms with Gasteiger partial charge in [0.1, 0.15) is 19.0 Å². The molecule has 1 saturated heterocycles. The number of aliphatic hydroxyl groups is 1. The van der Waals surface area contributed by atoms with Gasteiger partial charge in [-0.15, -0.1) is 0 Å². The average Bonchev–Trinajstić information content (AvgIpc) is 3.40. The second-order valence-corrected chi connectivity index (χ2v) is 10.4. The molecule has 3 saturated carbocycles. The molecule has 7 heteroatoms. The van der Waals surface area contributed by atoms with Gasteiger partial charge in [0.25, 0.3) is 0 Å². The van der Waals surface area contributed by atoms with Crippen LogP contribution >= 0.6 is 0 Å². The number of carbonyl (C=O) groups is 1. The monoisotopic (exact) mass is 429 g/mol. The van der Waals surface area contributed by atoms with Gasteiger partial charge < -0.3 is 20.1 Å². The molecule has 170 valence electrons. The summed E-state index contributed by atoms with van der Waals surface area (Å²) in [5.74, 6) is 1.53. The van der Waals surface area contributed by atoms with E-state index in [0.29, 0.717) is 30.0 Å². The highest BCUT2D eigenvalue weighted by Gasteiger charge is 2.61. The highest BCUT2D eigenvalue weighted by atomic mass is 16.6. The van der Waals surface area contributed by atoms with Crippen LogP contribution in [-0.2, 0) is 14.5 Å². The minimum absolute atomic E-state index is 0.0980. The van der Waals surface area contributed by atoms with Gasteiger partial charge in [0, 0.05) is 30.2 Å². The fourth-order valence-corrected chi connectivity index (χ4v) is 7.40. The zero-order chi connectivity index (χ0) is 21.6. The standard InChI is InChI=1S/C24H35N3O4/c1-23-8-6-19-17(18(23)3-4-22(23)29)12-21(27-30-2)20-11-15(5-9-24(19,20)14-28)26-31-16-7-10-25-13-16/h11,16-19,25,28H,3-10,12-14H2,1-2H3/b26-15+,27-21+/t16?,17?,18?,19?,23-,24-/m0/s1. The Balaban J connectivity index is 1.49. The van der Waals surface area contributed by atoms with E-state index in [1.54, 1.807) is 7.11 Å². The summed E-state index contributed by atoms with van der Waals surface area (Å²) in [6.45, 7) is 4.09. The predicted octanol–water partition coefficient (Wildman–Crippen LogP) is 2.84. The molecule has 0 aromatic carbocycles. The van der Waals surface area contributed by atoms with E-state index >= 15 is 0 Å². The molecule has 5 aliphatic rings. The number of ketones is 1. The Labute approximate surface area is 184 Å². The number of nitrogens with zero attached hydrogens (tertiary/aromatic N) is 2. The highest BCUT2D eigenvalue weighted by Crippen LogP contribution is 2.63. The molecule has 2 N–H and O–H groups in total. The van der Waals surface area contributed by atoms with Crippen molar-refractivity contribution >= 4 is 17.2 Å². The Kier molecular flexibility index (Phi) is 5.45. The van der Waals surface area contributed by atoms with Gasteiger partial charge in [0.15, 0.2) is 0 Å². The number of oxime groups is 2. The van der Waals surface area contributed by atoms with Crippen LogP contribution in [0.4, 0.5) is 0 Å². The lowest BCUT2D eigenvalue weighted by atomic mass is 9.46. The smallest absolute Gasteiger partial charge is 0.141 e. The molecule has 0 bridgehead atoms. The number of Topliss-reactive ketones (excluding diaryl/α,β-unsaturated/α-hetero) is 1. The summed E-state index contributed by atoms with van der Waals surface area (Å²) in [7, 11) is 1.58. The summed E-state index contributed by atoms with van der Waals surface area (Å²) in [4.78, 5) is 23.8. The molecule has 5 rings (SSSR count). The minimum Gasteiger partial charge on any atom is -0.399 e. The van der Waals surface area contributed by atoms with Crippen molar-refractivity contribution in [2.24, 2.45) is 38.9 Å². The van der Waals surface area contributed by atoms with Crippen molar-refractivity contribution in [3.8, 4) is 0 Å². The maximum atomic E-state index is 12.7. The zero-order valence-corrected chi connectivity index (χ0v) is 18.7. The number of aliphatic hydroxyl groups excluding tert-OH is 1. The highest BCUT2D eigenvalue weighted by molar-refractivity contribution is 6.10. The Hall–Kier alpha value is -1.73. The van der Waals surface area contributed by atoms with E-state index in [-0.39, 0.29) is 23.5 Å². The second kappa shape index (κ2) is 8.00. The van der Waals surface area contributed by atoms with Gasteiger partial charge in [-0.2, -0.15) is 0 Å². The molecule has 4 fully saturated rings. The molecule has 0 aromatic rings. The number of fused-ring (bicyclic) bond motifs is 5. The predicted molar refractivity (Wildman–Crippen MR) is 118 cm³/mol. The van der Waals surface area contributed by atoms with Gasteiger partial charge in [-0.1, -0.05) is 17.2 Å². The van der Waals surface area contributed by atoms with Gasteiger partial charge in [0.2, 0.25) is 0 Å². The summed E-state index contributed by atoms with van der Waals surface area (Å²) in [5.41, 5.74) is 2.37. The largest absolute Gasteiger partial charge is 0.399 e. The molecule has 4 aliphatic carbocycles. The fourth-order valence-electron chi connectivity index (χ4n) is 7.40. The van der Waals surface area contributed by atoms with E-state index in [4.69, 9.17) is 9.68 Å². The van der Waals surface area contributed by atoms with Crippen LogP contribution in [0.15, 0.2) is 22.0 Å². The van der Waals surface area contributed by atoms with Crippen molar-refractivity contribution in [3.63, 3.8) is 0 Å². The molecule has 0 aromatic heterocycles. The number of hydrogen-bond donors (Lipinski definition) is 2. The van der Waals surface area contributed by atoms with Gasteiger partial charge in [0.05, 0.1) is 18.0 Å². The van der Waals surface area contributed by atoms with E-state index < -0.39 is 0 Å². The molecule has 31 heavy (non-hydrogen) atoms. The van der Waals surface area contributed by atoms with Gasteiger partial charge in [-0.3, -0.25) is 4.79 Å². The van der Waals surface area contributed by atoms with Gasteiger partial charge >= 0.3 is 0 Å². The lowest BCUT2D eigenvalue weighted by molar-refractivity contribution is -0.132. The maximum absolute atomic E-state index is 12.7. The molecule has 1 aliphatic heterocycles. The average molecular weight is 430 g/mol. The summed E-state index contributed by atoms with van der Waals surface area (Å²) in [6, 6.07) is 0. The van der Waals surface area contributed by atoms with Crippen LogP contribution in [0.3, 0.4) is 0 Å². The molecule has 0 amide bonds. The molecular weight excluding hydrogens is 394 g/mol. The topological polar surface area (TPSA) is 92.5 Å². The third-order valence-corrected chi connectivity index (χ3v) is 9.09. The van der Waals surface area contributed by atoms with Crippen LogP contribution in [0.5, 0.6) is 0 Å². The first-order chi connectivity index (χ1) is 15.0. The van der Waals surface area contributed by atoms with Crippen molar-refractivity contribution in [1.82, 2.24) is 5.32 Å². The van der Waals surface area contributed by atoms with Crippen LogP contribution in [0.1, 0.15) is 58.3 Å². The number of hydrogen-bond acceptors (Lipinski definition) is 7. The number of rotatable bonds is 4. The Morgan fingerprint density at radius 1 is 1.19 bits per heavy atom. The van der Waals surface area contributed by atoms with Crippen LogP contribution in [-0.4, -0.2) is 55.2 Å². The summed E-state index contributed by atoms with van der Waals surface area (Å²) < 4.78 is 0. The molecule has 0 radical (unpaired) electrons. The Morgan fingerprint density at radius 2 is 2.06 bits per heavy atom. The van der Waals surface area contributed by atoms with E-state index in [1.165, 1.54) is 0 Å². The first kappa shape index (κ1) is 21.1. The van der Waals surface area contributed by atoms with E-state index in [1.807, 2.05) is 0 Å².